The van der Waals surface area contributed by atoms with Crippen molar-refractivity contribution < 1.29 is 4.79 Å². The normalized spacial score (nSPS) is 12.2. The van der Waals surface area contributed by atoms with E-state index in [1.807, 2.05) is 58.0 Å². The van der Waals surface area contributed by atoms with Gasteiger partial charge in [-0.1, -0.05) is 19.1 Å². The number of carbonyl (C=O) groups excluding carboxylic acids is 1. The third-order valence-corrected chi connectivity index (χ3v) is 4.03. The van der Waals surface area contributed by atoms with Crippen LogP contribution < -0.4 is 5.32 Å². The number of hydrogen-bond donors (Lipinski definition) is 1. The molecule has 0 aliphatic carbocycles. The van der Waals surface area contributed by atoms with Gasteiger partial charge in [0, 0.05) is 12.1 Å². The molecule has 8 nitrogen and oxygen atoms in total. The van der Waals surface area contributed by atoms with Gasteiger partial charge in [-0.2, -0.15) is 9.78 Å². The van der Waals surface area contributed by atoms with E-state index in [9.17, 15) is 4.79 Å². The number of amides is 1. The van der Waals surface area contributed by atoms with Crippen LogP contribution >= 0.6 is 0 Å². The van der Waals surface area contributed by atoms with Crippen molar-refractivity contribution in [3.63, 3.8) is 0 Å². The number of nitrogens with one attached hydrogen (secondary N) is 1. The molecule has 0 saturated heterocycles. The fourth-order valence-corrected chi connectivity index (χ4v) is 2.76. The van der Waals surface area contributed by atoms with Crippen molar-refractivity contribution in [1.82, 2.24) is 30.0 Å². The molecule has 1 N–H and O–H groups in total. The lowest BCUT2D eigenvalue weighted by Crippen LogP contribution is -2.26. The number of tetrazole rings is 1. The first-order valence-corrected chi connectivity index (χ1v) is 8.21. The minimum Gasteiger partial charge on any atom is -0.322 e. The van der Waals surface area contributed by atoms with E-state index in [1.54, 1.807) is 9.36 Å². The van der Waals surface area contributed by atoms with E-state index in [4.69, 9.17) is 0 Å². The molecule has 25 heavy (non-hydrogen) atoms. The largest absolute Gasteiger partial charge is 0.322 e. The smallest absolute Gasteiger partial charge is 0.249 e. The van der Waals surface area contributed by atoms with Gasteiger partial charge in [-0.05, 0) is 49.4 Å². The second-order valence-electron chi connectivity index (χ2n) is 5.91. The van der Waals surface area contributed by atoms with Crippen molar-refractivity contribution >= 4 is 11.6 Å². The molecule has 1 aromatic carbocycles. The van der Waals surface area contributed by atoms with Crippen LogP contribution in [0.5, 0.6) is 0 Å². The van der Waals surface area contributed by atoms with Gasteiger partial charge < -0.3 is 5.32 Å². The molecule has 0 bridgehead atoms. The third-order valence-electron chi connectivity index (χ3n) is 4.03. The van der Waals surface area contributed by atoms with Crippen LogP contribution in [-0.2, 0) is 11.2 Å². The van der Waals surface area contributed by atoms with Crippen LogP contribution in [0.3, 0.4) is 0 Å². The molecule has 0 aliphatic rings. The topological polar surface area (TPSA) is 90.5 Å². The van der Waals surface area contributed by atoms with E-state index in [2.05, 4.69) is 25.9 Å². The molecule has 1 atom stereocenters. The molecule has 8 heteroatoms. The molecule has 0 aliphatic heterocycles. The molecule has 2 heterocycles. The van der Waals surface area contributed by atoms with Gasteiger partial charge in [0.2, 0.25) is 5.91 Å². The van der Waals surface area contributed by atoms with Crippen molar-refractivity contribution in [1.29, 1.82) is 0 Å². The zero-order chi connectivity index (χ0) is 18.0. The number of benzene rings is 1. The molecule has 0 fully saturated rings. The SMILES string of the molecule is CCc1nnnn1-c1ccccc1NC(=O)C(C)n1nc(C)cc1C. The predicted molar refractivity (Wildman–Crippen MR) is 93.6 cm³/mol. The van der Waals surface area contributed by atoms with Gasteiger partial charge in [0.05, 0.1) is 17.1 Å². The van der Waals surface area contributed by atoms with Crippen LogP contribution in [0.4, 0.5) is 5.69 Å². The van der Waals surface area contributed by atoms with Gasteiger partial charge in [-0.25, -0.2) is 0 Å². The summed E-state index contributed by atoms with van der Waals surface area (Å²) in [5, 5.41) is 19.1. The maximum atomic E-state index is 12.7. The predicted octanol–water partition coefficient (Wildman–Crippen LogP) is 2.24. The highest BCUT2D eigenvalue weighted by atomic mass is 16.2. The number of hydrogen-bond acceptors (Lipinski definition) is 5. The average Bonchev–Trinajstić information content (AvgIpc) is 3.20. The van der Waals surface area contributed by atoms with E-state index >= 15 is 0 Å². The van der Waals surface area contributed by atoms with Crippen LogP contribution in [0.25, 0.3) is 5.69 Å². The lowest BCUT2D eigenvalue weighted by molar-refractivity contribution is -0.119. The minimum absolute atomic E-state index is 0.148. The summed E-state index contributed by atoms with van der Waals surface area (Å²) in [6.45, 7) is 7.65. The Morgan fingerprint density at radius 3 is 2.72 bits per heavy atom. The number of rotatable bonds is 5. The molecule has 3 rings (SSSR count). The van der Waals surface area contributed by atoms with Gasteiger partial charge in [-0.3, -0.25) is 9.48 Å². The summed E-state index contributed by atoms with van der Waals surface area (Å²) < 4.78 is 3.37. The molecule has 130 valence electrons. The average molecular weight is 339 g/mol. The Morgan fingerprint density at radius 2 is 2.04 bits per heavy atom. The standard InChI is InChI=1S/C17H21N7O/c1-5-16-19-21-22-24(16)15-9-7-6-8-14(15)18-17(25)13(4)23-12(3)10-11(2)20-23/h6-10,13H,5H2,1-4H3,(H,18,25). The van der Waals surface area contributed by atoms with E-state index in [0.29, 0.717) is 12.1 Å². The number of carbonyl (C=O) groups is 1. The van der Waals surface area contributed by atoms with Crippen LogP contribution in [0, 0.1) is 13.8 Å². The van der Waals surface area contributed by atoms with E-state index in [0.717, 1.165) is 22.9 Å². The monoisotopic (exact) mass is 339 g/mol. The molecule has 2 aromatic heterocycles. The maximum Gasteiger partial charge on any atom is 0.249 e. The lowest BCUT2D eigenvalue weighted by atomic mass is 10.2. The highest BCUT2D eigenvalue weighted by Crippen LogP contribution is 2.22. The first-order valence-electron chi connectivity index (χ1n) is 8.21. The van der Waals surface area contributed by atoms with Crippen molar-refractivity contribution in [2.24, 2.45) is 0 Å². The number of nitrogens with zero attached hydrogens (tertiary/aromatic N) is 6. The maximum absolute atomic E-state index is 12.7. The van der Waals surface area contributed by atoms with Gasteiger partial charge in [0.25, 0.3) is 0 Å². The fourth-order valence-electron chi connectivity index (χ4n) is 2.76. The van der Waals surface area contributed by atoms with Gasteiger partial charge in [0.1, 0.15) is 6.04 Å². The molecule has 0 saturated carbocycles. The van der Waals surface area contributed by atoms with Crippen LogP contribution in [0.15, 0.2) is 30.3 Å². The highest BCUT2D eigenvalue weighted by Gasteiger charge is 2.20. The second kappa shape index (κ2) is 6.84. The first-order chi connectivity index (χ1) is 12.0. The number of para-hydroxylation sites is 2. The quantitative estimate of drug-likeness (QED) is 0.770. The molecule has 1 unspecified atom stereocenters. The number of aromatic nitrogens is 6. The van der Waals surface area contributed by atoms with Crippen molar-refractivity contribution in [2.75, 3.05) is 5.32 Å². The summed E-state index contributed by atoms with van der Waals surface area (Å²) in [4.78, 5) is 12.7. The number of anilines is 1. The Kier molecular flexibility index (Phi) is 4.60. The molecular weight excluding hydrogens is 318 g/mol. The Bertz CT molecular complexity index is 896. The summed E-state index contributed by atoms with van der Waals surface area (Å²) >= 11 is 0. The lowest BCUT2D eigenvalue weighted by Gasteiger charge is -2.16. The Morgan fingerprint density at radius 1 is 1.28 bits per heavy atom. The van der Waals surface area contributed by atoms with Gasteiger partial charge >= 0.3 is 0 Å². The van der Waals surface area contributed by atoms with Crippen LogP contribution in [-0.4, -0.2) is 35.9 Å². The molecule has 0 radical (unpaired) electrons. The molecule has 3 aromatic rings. The summed E-state index contributed by atoms with van der Waals surface area (Å²) in [5.41, 5.74) is 3.22. The molecule has 0 spiro atoms. The van der Waals surface area contributed by atoms with Crippen molar-refractivity contribution in [2.45, 2.75) is 40.2 Å². The van der Waals surface area contributed by atoms with E-state index in [-0.39, 0.29) is 5.91 Å². The first kappa shape index (κ1) is 16.8. The third kappa shape index (κ3) is 3.28. The summed E-state index contributed by atoms with van der Waals surface area (Å²) in [6, 6.07) is 8.98. The molecule has 1 amide bonds. The summed E-state index contributed by atoms with van der Waals surface area (Å²) in [6.07, 6.45) is 0.692. The van der Waals surface area contributed by atoms with E-state index in [1.165, 1.54) is 0 Å². The van der Waals surface area contributed by atoms with E-state index < -0.39 is 6.04 Å². The van der Waals surface area contributed by atoms with Crippen LogP contribution in [0.1, 0.15) is 37.1 Å². The Balaban J connectivity index is 1.88. The summed E-state index contributed by atoms with van der Waals surface area (Å²) in [5.74, 6) is 0.582. The van der Waals surface area contributed by atoms with Gasteiger partial charge in [0.15, 0.2) is 5.82 Å². The Labute approximate surface area is 145 Å². The van der Waals surface area contributed by atoms with Gasteiger partial charge in [-0.15, -0.1) is 5.10 Å². The van der Waals surface area contributed by atoms with Crippen molar-refractivity contribution in [3.05, 3.63) is 47.5 Å². The Hall–Kier alpha value is -3.03. The summed E-state index contributed by atoms with van der Waals surface area (Å²) in [7, 11) is 0. The second-order valence-corrected chi connectivity index (χ2v) is 5.91. The zero-order valence-corrected chi connectivity index (χ0v) is 14.8. The highest BCUT2D eigenvalue weighted by molar-refractivity contribution is 5.95. The molecular formula is C17H21N7O. The minimum atomic E-state index is -0.429. The number of aryl methyl sites for hydroxylation is 3. The zero-order valence-electron chi connectivity index (χ0n) is 14.8. The van der Waals surface area contributed by atoms with Crippen LogP contribution in [0.2, 0.25) is 0 Å². The van der Waals surface area contributed by atoms with Crippen molar-refractivity contribution in [3.8, 4) is 5.69 Å². The fraction of sp³-hybridized carbons (Fsp3) is 0.353.